The van der Waals surface area contributed by atoms with E-state index in [-0.39, 0.29) is 5.92 Å². The molecule has 1 heterocycles. The smallest absolute Gasteiger partial charge is 0.223 e. The maximum absolute atomic E-state index is 13.2. The monoisotopic (exact) mass is 361 g/mol. The summed E-state index contributed by atoms with van der Waals surface area (Å²) in [5.41, 5.74) is 2.74. The molecule has 1 saturated heterocycles. The summed E-state index contributed by atoms with van der Waals surface area (Å²) in [5, 5.41) is 0. The van der Waals surface area contributed by atoms with Crippen molar-refractivity contribution in [1.82, 2.24) is 4.90 Å². The summed E-state index contributed by atoms with van der Waals surface area (Å²) in [6, 6.07) is 21.9. The zero-order chi connectivity index (χ0) is 18.6. The molecule has 2 heteroatoms. The molecule has 1 aliphatic carbocycles. The Morgan fingerprint density at radius 2 is 1.63 bits per heavy atom. The third-order valence-electron chi connectivity index (χ3n) is 6.78. The number of carbonyl (C=O) groups is 1. The van der Waals surface area contributed by atoms with Crippen molar-refractivity contribution in [2.24, 2.45) is 5.92 Å². The van der Waals surface area contributed by atoms with E-state index >= 15 is 0 Å². The number of likely N-dealkylation sites (tertiary alicyclic amines) is 1. The molecule has 0 spiro atoms. The summed E-state index contributed by atoms with van der Waals surface area (Å²) in [7, 11) is 0. The van der Waals surface area contributed by atoms with Crippen LogP contribution in [0.2, 0.25) is 0 Å². The van der Waals surface area contributed by atoms with Crippen LogP contribution in [0.25, 0.3) is 0 Å². The Hall–Kier alpha value is -2.09. The lowest BCUT2D eigenvalue weighted by atomic mass is 9.69. The lowest BCUT2D eigenvalue weighted by molar-refractivity contribution is -0.138. The molecule has 27 heavy (non-hydrogen) atoms. The SMILES string of the molecule is CC(CC(=O)N1CC[C@@H](c2ccccc2)[C@@H]2CCCC[C@H]21)c1ccccc1. The fraction of sp³-hybridized carbons (Fsp3) is 0.480. The summed E-state index contributed by atoms with van der Waals surface area (Å²) in [5.74, 6) is 1.89. The third kappa shape index (κ3) is 3.95. The largest absolute Gasteiger partial charge is 0.339 e. The van der Waals surface area contributed by atoms with E-state index in [2.05, 4.69) is 66.4 Å². The van der Waals surface area contributed by atoms with Crippen LogP contribution < -0.4 is 0 Å². The number of rotatable bonds is 4. The number of nitrogens with zero attached hydrogens (tertiary/aromatic N) is 1. The Bertz CT molecular complexity index is 741. The maximum atomic E-state index is 13.2. The van der Waals surface area contributed by atoms with Crippen molar-refractivity contribution in [3.8, 4) is 0 Å². The molecule has 2 fully saturated rings. The molecule has 2 aromatic carbocycles. The molecule has 2 aliphatic rings. The van der Waals surface area contributed by atoms with Crippen LogP contribution in [-0.4, -0.2) is 23.4 Å². The molecule has 0 bridgehead atoms. The molecule has 0 aromatic heterocycles. The normalized spacial score (nSPS) is 26.3. The van der Waals surface area contributed by atoms with Crippen LogP contribution in [0.3, 0.4) is 0 Å². The molecule has 0 radical (unpaired) electrons. The van der Waals surface area contributed by atoms with Gasteiger partial charge >= 0.3 is 0 Å². The van der Waals surface area contributed by atoms with E-state index in [0.717, 1.165) is 13.0 Å². The number of carbonyl (C=O) groups excluding carboxylic acids is 1. The van der Waals surface area contributed by atoms with Gasteiger partial charge in [-0.25, -0.2) is 0 Å². The van der Waals surface area contributed by atoms with Gasteiger partial charge in [-0.15, -0.1) is 0 Å². The molecule has 2 aromatic rings. The van der Waals surface area contributed by atoms with Gasteiger partial charge in [-0.05, 0) is 48.1 Å². The highest BCUT2D eigenvalue weighted by Gasteiger charge is 2.41. The Kier molecular flexibility index (Phi) is 5.61. The van der Waals surface area contributed by atoms with Crippen molar-refractivity contribution in [3.63, 3.8) is 0 Å². The van der Waals surface area contributed by atoms with Gasteiger partial charge in [0.25, 0.3) is 0 Å². The van der Waals surface area contributed by atoms with E-state index in [0.29, 0.717) is 30.2 Å². The molecule has 4 atom stereocenters. The van der Waals surface area contributed by atoms with Gasteiger partial charge in [0.2, 0.25) is 5.91 Å². The Balaban J connectivity index is 1.48. The summed E-state index contributed by atoms with van der Waals surface area (Å²) < 4.78 is 0. The molecule has 1 amide bonds. The van der Waals surface area contributed by atoms with Gasteiger partial charge in [0.1, 0.15) is 0 Å². The van der Waals surface area contributed by atoms with Crippen LogP contribution in [0.4, 0.5) is 0 Å². The van der Waals surface area contributed by atoms with E-state index in [1.165, 1.54) is 36.8 Å². The quantitative estimate of drug-likeness (QED) is 0.678. The van der Waals surface area contributed by atoms with Crippen LogP contribution in [0, 0.1) is 5.92 Å². The minimum atomic E-state index is 0.285. The Morgan fingerprint density at radius 1 is 0.963 bits per heavy atom. The molecule has 2 nitrogen and oxygen atoms in total. The topological polar surface area (TPSA) is 20.3 Å². The molecule has 1 saturated carbocycles. The van der Waals surface area contributed by atoms with Gasteiger partial charge in [0.05, 0.1) is 0 Å². The predicted molar refractivity (Wildman–Crippen MR) is 111 cm³/mol. The van der Waals surface area contributed by atoms with Crippen molar-refractivity contribution in [2.75, 3.05) is 6.54 Å². The van der Waals surface area contributed by atoms with Gasteiger partial charge in [-0.1, -0.05) is 80.4 Å². The zero-order valence-corrected chi connectivity index (χ0v) is 16.4. The van der Waals surface area contributed by atoms with E-state index in [9.17, 15) is 4.79 Å². The summed E-state index contributed by atoms with van der Waals surface area (Å²) in [6.45, 7) is 3.10. The number of benzene rings is 2. The van der Waals surface area contributed by atoms with Crippen molar-refractivity contribution < 1.29 is 4.79 Å². The number of fused-ring (bicyclic) bond motifs is 1. The van der Waals surface area contributed by atoms with Crippen molar-refractivity contribution >= 4 is 5.91 Å². The first-order valence-electron chi connectivity index (χ1n) is 10.6. The van der Waals surface area contributed by atoms with E-state index < -0.39 is 0 Å². The second-order valence-electron chi connectivity index (χ2n) is 8.42. The second kappa shape index (κ2) is 8.29. The average molecular weight is 362 g/mol. The van der Waals surface area contributed by atoms with Crippen LogP contribution in [0.5, 0.6) is 0 Å². The first kappa shape index (κ1) is 18.3. The molecular weight excluding hydrogens is 330 g/mol. The molecule has 0 N–H and O–H groups in total. The molecular formula is C25H31NO. The van der Waals surface area contributed by atoms with Crippen molar-refractivity contribution in [3.05, 3.63) is 71.8 Å². The number of hydrogen-bond donors (Lipinski definition) is 0. The van der Waals surface area contributed by atoms with Crippen LogP contribution in [0.1, 0.15) is 68.4 Å². The highest BCUT2D eigenvalue weighted by molar-refractivity contribution is 5.77. The first-order valence-corrected chi connectivity index (χ1v) is 10.6. The average Bonchev–Trinajstić information content (AvgIpc) is 2.74. The molecule has 1 aliphatic heterocycles. The van der Waals surface area contributed by atoms with Crippen molar-refractivity contribution in [1.29, 1.82) is 0 Å². The van der Waals surface area contributed by atoms with Crippen LogP contribution >= 0.6 is 0 Å². The van der Waals surface area contributed by atoms with Crippen molar-refractivity contribution in [2.45, 2.75) is 63.3 Å². The van der Waals surface area contributed by atoms with E-state index in [4.69, 9.17) is 0 Å². The maximum Gasteiger partial charge on any atom is 0.223 e. The lowest BCUT2D eigenvalue weighted by Gasteiger charge is -2.48. The van der Waals surface area contributed by atoms with E-state index in [1.807, 2.05) is 6.07 Å². The predicted octanol–water partition coefficient (Wildman–Crippen LogP) is 5.76. The zero-order valence-electron chi connectivity index (χ0n) is 16.4. The fourth-order valence-electron chi connectivity index (χ4n) is 5.36. The molecule has 142 valence electrons. The first-order chi connectivity index (χ1) is 13.2. The number of piperidine rings is 1. The van der Waals surface area contributed by atoms with Gasteiger partial charge in [-0.2, -0.15) is 0 Å². The Labute approximate surface area is 163 Å². The second-order valence-corrected chi connectivity index (χ2v) is 8.42. The number of hydrogen-bond acceptors (Lipinski definition) is 1. The fourth-order valence-corrected chi connectivity index (χ4v) is 5.36. The highest BCUT2D eigenvalue weighted by atomic mass is 16.2. The molecule has 4 rings (SSSR count). The Morgan fingerprint density at radius 3 is 2.37 bits per heavy atom. The minimum absolute atomic E-state index is 0.285. The lowest BCUT2D eigenvalue weighted by Crippen LogP contribution is -2.52. The summed E-state index contributed by atoms with van der Waals surface area (Å²) in [6.07, 6.45) is 6.76. The van der Waals surface area contributed by atoms with Gasteiger partial charge in [0.15, 0.2) is 0 Å². The van der Waals surface area contributed by atoms with Gasteiger partial charge in [0, 0.05) is 19.0 Å². The minimum Gasteiger partial charge on any atom is -0.339 e. The number of amides is 1. The van der Waals surface area contributed by atoms with Crippen LogP contribution in [-0.2, 0) is 4.79 Å². The van der Waals surface area contributed by atoms with Crippen LogP contribution in [0.15, 0.2) is 60.7 Å². The van der Waals surface area contributed by atoms with Gasteiger partial charge < -0.3 is 4.90 Å². The summed E-state index contributed by atoms with van der Waals surface area (Å²) in [4.78, 5) is 15.5. The standard InChI is InChI=1S/C25H31NO/c1-19(20-10-4-2-5-11-20)18-25(27)26-17-16-22(21-12-6-3-7-13-21)23-14-8-9-15-24(23)26/h2-7,10-13,19,22-24H,8-9,14-18H2,1H3/t19?,22-,23-,24+/m0/s1. The molecule has 1 unspecified atom stereocenters. The van der Waals surface area contributed by atoms with Gasteiger partial charge in [-0.3, -0.25) is 4.79 Å². The van der Waals surface area contributed by atoms with E-state index in [1.54, 1.807) is 0 Å². The third-order valence-corrected chi connectivity index (χ3v) is 6.78. The highest BCUT2D eigenvalue weighted by Crippen LogP contribution is 2.44. The summed E-state index contributed by atoms with van der Waals surface area (Å²) >= 11 is 0.